The van der Waals surface area contributed by atoms with E-state index in [1.807, 2.05) is 0 Å². The standard InChI is InChI=1S/C5H9BrN2O/c6-8-4-2-1-3-7-5-9/h8H,1-4H2. The Balaban J connectivity index is 2.82. The summed E-state index contributed by atoms with van der Waals surface area (Å²) < 4.78 is 2.82. The normalized spacial score (nSPS) is 8.56. The average Bonchev–Trinajstić information content (AvgIpc) is 1.89. The SMILES string of the molecule is O=C=NCCCCNBr. The maximum atomic E-state index is 9.52. The number of hydrogen-bond donors (Lipinski definition) is 1. The Morgan fingerprint density at radius 3 is 2.89 bits per heavy atom. The van der Waals surface area contributed by atoms with Crippen LogP contribution in [0.15, 0.2) is 4.99 Å². The molecule has 0 aliphatic rings. The molecule has 0 aromatic carbocycles. The van der Waals surface area contributed by atoms with Crippen LogP contribution in [0.1, 0.15) is 12.8 Å². The molecule has 0 bridgehead atoms. The number of isocyanates is 1. The van der Waals surface area contributed by atoms with Crippen molar-refractivity contribution in [1.82, 2.24) is 4.34 Å². The van der Waals surface area contributed by atoms with Gasteiger partial charge in [0.2, 0.25) is 6.08 Å². The quantitative estimate of drug-likeness (QED) is 0.306. The highest BCUT2D eigenvalue weighted by molar-refractivity contribution is 9.08. The predicted molar refractivity (Wildman–Crippen MR) is 39.2 cm³/mol. The Morgan fingerprint density at radius 2 is 2.33 bits per heavy atom. The molecule has 52 valence electrons. The molecular formula is C5H9BrN2O. The molecule has 0 radical (unpaired) electrons. The van der Waals surface area contributed by atoms with Crippen LogP contribution in [0, 0.1) is 0 Å². The molecule has 0 heterocycles. The second-order valence-electron chi connectivity index (χ2n) is 1.56. The zero-order chi connectivity index (χ0) is 6.95. The molecule has 0 saturated carbocycles. The molecule has 0 spiro atoms. The topological polar surface area (TPSA) is 41.5 Å². The van der Waals surface area contributed by atoms with Gasteiger partial charge in [0.25, 0.3) is 0 Å². The second kappa shape index (κ2) is 7.82. The molecule has 1 N–H and O–H groups in total. The Bertz CT molecular complexity index is 101. The third kappa shape index (κ3) is 7.82. The molecule has 0 fully saturated rings. The van der Waals surface area contributed by atoms with Crippen LogP contribution >= 0.6 is 16.1 Å². The number of nitrogens with zero attached hydrogens (tertiary/aromatic N) is 1. The lowest BCUT2D eigenvalue weighted by molar-refractivity contribution is 0.562. The van der Waals surface area contributed by atoms with Crippen LogP contribution in [-0.2, 0) is 4.79 Å². The summed E-state index contributed by atoms with van der Waals surface area (Å²) in [5, 5.41) is 0. The van der Waals surface area contributed by atoms with Crippen LogP contribution in [0.25, 0.3) is 0 Å². The van der Waals surface area contributed by atoms with Gasteiger partial charge in [-0.1, -0.05) is 0 Å². The van der Waals surface area contributed by atoms with Crippen molar-refractivity contribution in [3.05, 3.63) is 0 Å². The lowest BCUT2D eigenvalue weighted by Gasteiger charge is -1.91. The van der Waals surface area contributed by atoms with Gasteiger partial charge < -0.3 is 0 Å². The maximum absolute atomic E-state index is 9.52. The number of hydrogen-bond acceptors (Lipinski definition) is 3. The molecule has 0 aromatic heterocycles. The molecule has 0 amide bonds. The Hall–Kier alpha value is -0.180. The smallest absolute Gasteiger partial charge is 0.234 e. The highest BCUT2D eigenvalue weighted by Gasteiger charge is 1.83. The van der Waals surface area contributed by atoms with E-state index in [1.165, 1.54) is 6.08 Å². The number of nitrogens with one attached hydrogen (secondary N) is 1. The largest absolute Gasteiger partial charge is 0.256 e. The molecule has 0 atom stereocenters. The molecule has 0 unspecified atom stereocenters. The van der Waals surface area contributed by atoms with Crippen molar-refractivity contribution in [3.63, 3.8) is 0 Å². The van der Waals surface area contributed by atoms with Crippen molar-refractivity contribution in [1.29, 1.82) is 0 Å². The van der Waals surface area contributed by atoms with E-state index >= 15 is 0 Å². The van der Waals surface area contributed by atoms with Crippen molar-refractivity contribution < 1.29 is 4.79 Å². The van der Waals surface area contributed by atoms with Gasteiger partial charge in [-0.15, -0.1) is 0 Å². The van der Waals surface area contributed by atoms with Gasteiger partial charge in [0.15, 0.2) is 0 Å². The number of halogens is 1. The van der Waals surface area contributed by atoms with Gasteiger partial charge in [0.1, 0.15) is 0 Å². The molecule has 4 heteroatoms. The Kier molecular flexibility index (Phi) is 7.66. The zero-order valence-electron chi connectivity index (χ0n) is 5.06. The van der Waals surface area contributed by atoms with Crippen molar-refractivity contribution in [2.45, 2.75) is 12.8 Å². The molecular weight excluding hydrogens is 184 g/mol. The third-order valence-electron chi connectivity index (χ3n) is 0.856. The van der Waals surface area contributed by atoms with Crippen molar-refractivity contribution >= 4 is 22.2 Å². The van der Waals surface area contributed by atoms with E-state index in [4.69, 9.17) is 0 Å². The number of unbranched alkanes of at least 4 members (excludes halogenated alkanes) is 1. The average molecular weight is 193 g/mol. The highest BCUT2D eigenvalue weighted by atomic mass is 79.9. The van der Waals surface area contributed by atoms with E-state index in [-0.39, 0.29) is 0 Å². The van der Waals surface area contributed by atoms with Crippen LogP contribution < -0.4 is 4.34 Å². The molecule has 0 aliphatic carbocycles. The van der Waals surface area contributed by atoms with Crippen LogP contribution in [0.2, 0.25) is 0 Å². The van der Waals surface area contributed by atoms with E-state index in [1.54, 1.807) is 0 Å². The minimum Gasteiger partial charge on any atom is -0.256 e. The summed E-state index contributed by atoms with van der Waals surface area (Å²) in [7, 11) is 0. The van der Waals surface area contributed by atoms with Crippen LogP contribution in [0.4, 0.5) is 0 Å². The monoisotopic (exact) mass is 192 g/mol. The van der Waals surface area contributed by atoms with Crippen molar-refractivity contribution in [2.24, 2.45) is 4.99 Å². The van der Waals surface area contributed by atoms with Crippen molar-refractivity contribution in [2.75, 3.05) is 13.1 Å². The molecule has 0 saturated heterocycles. The Labute approximate surface area is 62.9 Å². The molecule has 0 aromatic rings. The zero-order valence-corrected chi connectivity index (χ0v) is 6.65. The summed E-state index contributed by atoms with van der Waals surface area (Å²) in [6.07, 6.45) is 3.45. The first kappa shape index (κ1) is 8.82. The van der Waals surface area contributed by atoms with Gasteiger partial charge in [-0.2, -0.15) is 0 Å². The number of carbonyl (C=O) groups excluding carboxylic acids is 1. The van der Waals surface area contributed by atoms with E-state index in [0.29, 0.717) is 6.54 Å². The summed E-state index contributed by atoms with van der Waals surface area (Å²) in [4.78, 5) is 12.9. The highest BCUT2D eigenvalue weighted by Crippen LogP contribution is 1.87. The van der Waals surface area contributed by atoms with Crippen molar-refractivity contribution in [3.8, 4) is 0 Å². The first-order valence-electron chi connectivity index (χ1n) is 2.79. The third-order valence-corrected chi connectivity index (χ3v) is 1.25. The van der Waals surface area contributed by atoms with Gasteiger partial charge in [-0.3, -0.25) is 4.34 Å². The molecule has 3 nitrogen and oxygen atoms in total. The first-order valence-corrected chi connectivity index (χ1v) is 3.58. The van der Waals surface area contributed by atoms with E-state index in [2.05, 4.69) is 25.5 Å². The van der Waals surface area contributed by atoms with Gasteiger partial charge in [-0.05, 0) is 12.8 Å². The first-order chi connectivity index (χ1) is 4.41. The second-order valence-corrected chi connectivity index (χ2v) is 2.12. The van der Waals surface area contributed by atoms with Gasteiger partial charge in [0, 0.05) is 22.7 Å². The fraction of sp³-hybridized carbons (Fsp3) is 0.800. The lowest BCUT2D eigenvalue weighted by Crippen LogP contribution is -1.99. The van der Waals surface area contributed by atoms with Crippen LogP contribution in [-0.4, -0.2) is 19.2 Å². The molecule has 0 rings (SSSR count). The minimum absolute atomic E-state index is 0.595. The maximum Gasteiger partial charge on any atom is 0.234 e. The molecule has 9 heavy (non-hydrogen) atoms. The predicted octanol–water partition coefficient (Wildman–Crippen LogP) is 1.00. The summed E-state index contributed by atoms with van der Waals surface area (Å²) in [6, 6.07) is 0. The number of aliphatic imine (C=N–C) groups is 1. The Morgan fingerprint density at radius 1 is 1.56 bits per heavy atom. The minimum atomic E-state index is 0.595. The number of rotatable bonds is 5. The molecule has 0 aliphatic heterocycles. The van der Waals surface area contributed by atoms with Crippen LogP contribution in [0.5, 0.6) is 0 Å². The summed E-state index contributed by atoms with van der Waals surface area (Å²) in [5.74, 6) is 0. The van der Waals surface area contributed by atoms with E-state index in [0.717, 1.165) is 19.4 Å². The lowest BCUT2D eigenvalue weighted by atomic mass is 10.3. The van der Waals surface area contributed by atoms with Gasteiger partial charge in [0.05, 0.1) is 6.54 Å². The van der Waals surface area contributed by atoms with E-state index < -0.39 is 0 Å². The van der Waals surface area contributed by atoms with E-state index in [9.17, 15) is 4.79 Å². The fourth-order valence-corrected chi connectivity index (χ4v) is 0.709. The van der Waals surface area contributed by atoms with Gasteiger partial charge >= 0.3 is 0 Å². The van der Waals surface area contributed by atoms with Crippen LogP contribution in [0.3, 0.4) is 0 Å². The summed E-state index contributed by atoms with van der Waals surface area (Å²) in [5.41, 5.74) is 0. The summed E-state index contributed by atoms with van der Waals surface area (Å²) in [6.45, 7) is 1.51. The van der Waals surface area contributed by atoms with Gasteiger partial charge in [-0.25, -0.2) is 9.79 Å². The summed E-state index contributed by atoms with van der Waals surface area (Å²) >= 11 is 3.06. The fourth-order valence-electron chi connectivity index (χ4n) is 0.428.